The number of imide groups is 1. The van der Waals surface area contributed by atoms with Crippen LogP contribution < -0.4 is 5.32 Å². The van der Waals surface area contributed by atoms with Crippen LogP contribution in [0, 0.1) is 0 Å². The fraction of sp³-hybridized carbons (Fsp3) is 0.136. The first kappa shape index (κ1) is 17.7. The number of hydrogen-bond donors (Lipinski definition) is 2. The molecule has 3 amide bonds. The van der Waals surface area contributed by atoms with Gasteiger partial charge in [0, 0.05) is 58.3 Å². The Kier molecular flexibility index (Phi) is 4.21. The third-order valence-electron chi connectivity index (χ3n) is 5.32. The monoisotopic (exact) mass is 404 g/mol. The van der Waals surface area contributed by atoms with Crippen LogP contribution in [0.15, 0.2) is 54.7 Å². The van der Waals surface area contributed by atoms with Crippen LogP contribution in [0.4, 0.5) is 4.79 Å². The number of nitrogens with zero attached hydrogens (tertiary/aromatic N) is 2. The number of hydrogen-bond acceptors (Lipinski definition) is 3. The molecule has 0 aliphatic carbocycles. The van der Waals surface area contributed by atoms with Crippen molar-refractivity contribution in [2.45, 2.75) is 13.0 Å². The summed E-state index contributed by atoms with van der Waals surface area (Å²) in [6, 6.07) is 14.0. The van der Waals surface area contributed by atoms with Gasteiger partial charge in [0.1, 0.15) is 0 Å². The molecule has 5 rings (SSSR count). The molecule has 2 aromatic heterocycles. The molecule has 0 saturated carbocycles. The zero-order chi connectivity index (χ0) is 20.0. The number of halogens is 1. The smallest absolute Gasteiger partial charge is 0.324 e. The number of fused-ring (bicyclic) bond motifs is 5. The third-order valence-corrected chi connectivity index (χ3v) is 5.56. The lowest BCUT2D eigenvalue weighted by Gasteiger charge is -2.27. The summed E-state index contributed by atoms with van der Waals surface area (Å²) in [4.78, 5) is 34.6. The van der Waals surface area contributed by atoms with E-state index in [4.69, 9.17) is 11.6 Å². The van der Waals surface area contributed by atoms with Crippen LogP contribution in [0.5, 0.6) is 0 Å². The van der Waals surface area contributed by atoms with Crippen molar-refractivity contribution in [2.75, 3.05) is 6.54 Å². The topological polar surface area (TPSA) is 78.1 Å². The number of amides is 3. The zero-order valence-corrected chi connectivity index (χ0v) is 16.2. The minimum Gasteiger partial charge on any atom is -0.357 e. The second-order valence-electron chi connectivity index (χ2n) is 7.09. The zero-order valence-electron chi connectivity index (χ0n) is 15.4. The summed E-state index contributed by atoms with van der Waals surface area (Å²) in [5.74, 6) is -0.398. The number of aromatic nitrogens is 2. The fourth-order valence-electron chi connectivity index (χ4n) is 3.84. The number of nitrogens with one attached hydrogen (secondary N) is 2. The van der Waals surface area contributed by atoms with E-state index in [0.29, 0.717) is 30.1 Å². The molecule has 1 aliphatic rings. The molecule has 0 saturated heterocycles. The standard InChI is InChI=1S/C22H17ClN4O2/c23-14-6-7-15-19(10-14)24-11-16-17-12-27(9-8-18(17)25-20(15)16)22(29)26-21(28)13-4-2-1-3-5-13/h1-7,10-11,25H,8-9,12H2,(H,26,28,29). The van der Waals surface area contributed by atoms with Crippen LogP contribution in [0.1, 0.15) is 21.6 Å². The quantitative estimate of drug-likeness (QED) is 0.497. The van der Waals surface area contributed by atoms with Gasteiger partial charge in [-0.05, 0) is 30.3 Å². The van der Waals surface area contributed by atoms with Crippen molar-refractivity contribution >= 4 is 45.3 Å². The lowest BCUT2D eigenvalue weighted by molar-refractivity contribution is 0.0950. The van der Waals surface area contributed by atoms with Crippen molar-refractivity contribution in [1.29, 1.82) is 0 Å². The van der Waals surface area contributed by atoms with Crippen LogP contribution in [0.2, 0.25) is 5.02 Å². The number of carbonyl (C=O) groups excluding carboxylic acids is 2. The fourth-order valence-corrected chi connectivity index (χ4v) is 4.01. The van der Waals surface area contributed by atoms with Gasteiger partial charge in [-0.2, -0.15) is 0 Å². The van der Waals surface area contributed by atoms with E-state index in [1.54, 1.807) is 29.2 Å². The number of benzene rings is 2. The second-order valence-corrected chi connectivity index (χ2v) is 7.52. The Morgan fingerprint density at radius 3 is 2.76 bits per heavy atom. The maximum Gasteiger partial charge on any atom is 0.324 e. The number of pyridine rings is 1. The van der Waals surface area contributed by atoms with Gasteiger partial charge in [0.15, 0.2) is 0 Å². The number of aromatic amines is 1. The predicted molar refractivity (Wildman–Crippen MR) is 112 cm³/mol. The first-order valence-electron chi connectivity index (χ1n) is 9.33. The Morgan fingerprint density at radius 1 is 1.10 bits per heavy atom. The average Bonchev–Trinajstić information content (AvgIpc) is 3.12. The third kappa shape index (κ3) is 3.11. The Hall–Kier alpha value is -3.38. The summed E-state index contributed by atoms with van der Waals surface area (Å²) < 4.78 is 0. The molecule has 0 radical (unpaired) electrons. The van der Waals surface area contributed by atoms with Gasteiger partial charge in [0.2, 0.25) is 0 Å². The van der Waals surface area contributed by atoms with E-state index in [1.165, 1.54) is 0 Å². The molecule has 0 spiro atoms. The summed E-state index contributed by atoms with van der Waals surface area (Å²) in [5.41, 5.74) is 4.42. The summed E-state index contributed by atoms with van der Waals surface area (Å²) in [7, 11) is 0. The molecule has 3 heterocycles. The molecule has 6 nitrogen and oxygen atoms in total. The molecule has 0 bridgehead atoms. The maximum absolute atomic E-state index is 12.7. The largest absolute Gasteiger partial charge is 0.357 e. The Bertz CT molecular complexity index is 1270. The summed E-state index contributed by atoms with van der Waals surface area (Å²) in [5, 5.41) is 5.11. The van der Waals surface area contributed by atoms with Crippen molar-refractivity contribution in [2.24, 2.45) is 0 Å². The second kappa shape index (κ2) is 6.90. The highest BCUT2D eigenvalue weighted by atomic mass is 35.5. The van der Waals surface area contributed by atoms with E-state index in [1.807, 2.05) is 30.5 Å². The van der Waals surface area contributed by atoms with Gasteiger partial charge in [-0.25, -0.2) is 4.79 Å². The Morgan fingerprint density at radius 2 is 1.93 bits per heavy atom. The number of carbonyl (C=O) groups is 2. The van der Waals surface area contributed by atoms with Gasteiger partial charge in [0.25, 0.3) is 5.91 Å². The number of H-pyrrole nitrogens is 1. The lowest BCUT2D eigenvalue weighted by atomic mass is 10.0. The molecule has 7 heteroatoms. The Labute approximate surface area is 171 Å². The Balaban J connectivity index is 1.43. The van der Waals surface area contributed by atoms with Gasteiger partial charge in [-0.15, -0.1) is 0 Å². The molecule has 0 fully saturated rings. The molecular formula is C22H17ClN4O2. The molecule has 29 heavy (non-hydrogen) atoms. The minimum absolute atomic E-state index is 0.389. The minimum atomic E-state index is -0.398. The van der Waals surface area contributed by atoms with E-state index in [0.717, 1.165) is 33.1 Å². The van der Waals surface area contributed by atoms with Gasteiger partial charge in [0.05, 0.1) is 11.0 Å². The maximum atomic E-state index is 12.7. The first-order valence-corrected chi connectivity index (χ1v) is 9.71. The summed E-state index contributed by atoms with van der Waals surface area (Å²) >= 11 is 6.08. The highest BCUT2D eigenvalue weighted by Crippen LogP contribution is 2.32. The van der Waals surface area contributed by atoms with Crippen molar-refractivity contribution in [3.8, 4) is 0 Å². The summed E-state index contributed by atoms with van der Waals surface area (Å²) in [6.07, 6.45) is 2.51. The van der Waals surface area contributed by atoms with Crippen LogP contribution in [-0.2, 0) is 13.0 Å². The van der Waals surface area contributed by atoms with Crippen molar-refractivity contribution in [3.63, 3.8) is 0 Å². The van der Waals surface area contributed by atoms with Gasteiger partial charge < -0.3 is 9.88 Å². The first-order chi connectivity index (χ1) is 14.1. The normalized spacial score (nSPS) is 13.5. The van der Waals surface area contributed by atoms with Crippen molar-refractivity contribution in [1.82, 2.24) is 20.2 Å². The van der Waals surface area contributed by atoms with E-state index in [9.17, 15) is 9.59 Å². The molecule has 4 aromatic rings. The van der Waals surface area contributed by atoms with Gasteiger partial charge in [-0.1, -0.05) is 29.8 Å². The lowest BCUT2D eigenvalue weighted by Crippen LogP contribution is -2.45. The number of urea groups is 1. The highest BCUT2D eigenvalue weighted by Gasteiger charge is 2.26. The van der Waals surface area contributed by atoms with E-state index in [-0.39, 0.29) is 6.03 Å². The van der Waals surface area contributed by atoms with E-state index >= 15 is 0 Å². The van der Waals surface area contributed by atoms with Crippen LogP contribution in [-0.4, -0.2) is 33.4 Å². The molecule has 0 unspecified atom stereocenters. The van der Waals surface area contributed by atoms with Crippen LogP contribution in [0.3, 0.4) is 0 Å². The van der Waals surface area contributed by atoms with E-state index < -0.39 is 5.91 Å². The summed E-state index contributed by atoms with van der Waals surface area (Å²) in [6.45, 7) is 0.953. The van der Waals surface area contributed by atoms with Crippen LogP contribution in [0.25, 0.3) is 21.8 Å². The molecule has 2 aromatic carbocycles. The van der Waals surface area contributed by atoms with Gasteiger partial charge >= 0.3 is 6.03 Å². The molecule has 1 aliphatic heterocycles. The SMILES string of the molecule is O=C(NC(=O)N1CCc2[nH]c3c(cnc4cc(Cl)ccc43)c2C1)c1ccccc1. The predicted octanol–water partition coefficient (Wildman–Crippen LogP) is 4.28. The van der Waals surface area contributed by atoms with Gasteiger partial charge in [-0.3, -0.25) is 15.1 Å². The van der Waals surface area contributed by atoms with Crippen molar-refractivity contribution in [3.05, 3.63) is 76.6 Å². The number of rotatable bonds is 1. The average molecular weight is 405 g/mol. The molecule has 0 atom stereocenters. The van der Waals surface area contributed by atoms with E-state index in [2.05, 4.69) is 15.3 Å². The van der Waals surface area contributed by atoms with Crippen LogP contribution >= 0.6 is 11.6 Å². The molecular weight excluding hydrogens is 388 g/mol. The highest BCUT2D eigenvalue weighted by molar-refractivity contribution is 6.31. The molecule has 144 valence electrons. The van der Waals surface area contributed by atoms with Crippen molar-refractivity contribution < 1.29 is 9.59 Å². The molecule has 2 N–H and O–H groups in total.